The van der Waals surface area contributed by atoms with Gasteiger partial charge in [0, 0.05) is 18.0 Å². The Bertz CT molecular complexity index is 643. The van der Waals surface area contributed by atoms with Gasteiger partial charge in [0.05, 0.1) is 5.70 Å². The topological polar surface area (TPSA) is 24.1 Å². The van der Waals surface area contributed by atoms with Gasteiger partial charge >= 0.3 is 0 Å². The van der Waals surface area contributed by atoms with Crippen LogP contribution in [0.4, 0.5) is 0 Å². The Kier molecular flexibility index (Phi) is 2.42. The van der Waals surface area contributed by atoms with E-state index in [0.717, 1.165) is 13.0 Å². The lowest BCUT2D eigenvalue weighted by molar-refractivity contribution is 0.717. The normalized spacial score (nSPS) is 20.7. The number of hydrogen-bond acceptors (Lipinski definition) is 2. The highest BCUT2D eigenvalue weighted by Gasteiger charge is 2.29. The summed E-state index contributed by atoms with van der Waals surface area (Å²) >= 11 is 0. The third-order valence-corrected chi connectivity index (χ3v) is 4.13. The molecule has 2 heteroatoms. The Balaban J connectivity index is 1.88. The summed E-state index contributed by atoms with van der Waals surface area (Å²) < 4.78 is 0. The fourth-order valence-electron chi connectivity index (χ4n) is 3.22. The highest BCUT2D eigenvalue weighted by molar-refractivity contribution is 5.75. The van der Waals surface area contributed by atoms with Gasteiger partial charge in [-0.25, -0.2) is 5.43 Å². The number of rotatable bonds is 1. The lowest BCUT2D eigenvalue weighted by atomic mass is 9.78. The number of nitrogens with one attached hydrogen (secondary N) is 2. The molecule has 1 aliphatic carbocycles. The molecule has 0 fully saturated rings. The highest BCUT2D eigenvalue weighted by atomic mass is 15.4. The third kappa shape index (κ3) is 1.68. The smallest absolute Gasteiger partial charge is 0.0568 e. The van der Waals surface area contributed by atoms with Crippen LogP contribution in [0.15, 0.2) is 60.2 Å². The van der Waals surface area contributed by atoms with Crippen LogP contribution in [0.3, 0.4) is 0 Å². The molecule has 1 unspecified atom stereocenters. The Morgan fingerprint density at radius 1 is 0.895 bits per heavy atom. The van der Waals surface area contributed by atoms with E-state index in [1.807, 2.05) is 0 Å². The van der Waals surface area contributed by atoms with E-state index < -0.39 is 0 Å². The maximum Gasteiger partial charge on any atom is 0.0568 e. The van der Waals surface area contributed by atoms with Gasteiger partial charge in [0.25, 0.3) is 0 Å². The van der Waals surface area contributed by atoms with E-state index in [4.69, 9.17) is 0 Å². The lowest BCUT2D eigenvalue weighted by Gasteiger charge is -2.27. The first-order valence-electron chi connectivity index (χ1n) is 6.78. The summed E-state index contributed by atoms with van der Waals surface area (Å²) in [6, 6.07) is 19.6. The van der Waals surface area contributed by atoms with Crippen molar-refractivity contribution in [3.63, 3.8) is 0 Å². The van der Waals surface area contributed by atoms with Crippen molar-refractivity contribution in [2.45, 2.75) is 12.3 Å². The zero-order chi connectivity index (χ0) is 12.7. The Morgan fingerprint density at radius 3 is 2.58 bits per heavy atom. The first-order chi connectivity index (χ1) is 9.43. The number of fused-ring (bicyclic) bond motifs is 2. The van der Waals surface area contributed by atoms with E-state index in [-0.39, 0.29) is 0 Å². The van der Waals surface area contributed by atoms with Crippen LogP contribution in [-0.2, 0) is 0 Å². The standard InChI is InChI=1S/C17H16N2/c1-2-6-12(7-3-1)16-10-13-11-18-19-17(13)15-9-5-4-8-14(15)16/h1-9,16,18-19H,10-11H2. The van der Waals surface area contributed by atoms with Crippen LogP contribution in [0.5, 0.6) is 0 Å². The molecule has 0 radical (unpaired) electrons. The largest absolute Gasteiger partial charge is 0.321 e. The van der Waals surface area contributed by atoms with Gasteiger partial charge in [-0.1, -0.05) is 54.6 Å². The monoisotopic (exact) mass is 248 g/mol. The Hall–Kier alpha value is -2.06. The second-order valence-corrected chi connectivity index (χ2v) is 5.21. The molecule has 0 amide bonds. The van der Waals surface area contributed by atoms with Crippen molar-refractivity contribution in [2.24, 2.45) is 0 Å². The van der Waals surface area contributed by atoms with Crippen LogP contribution >= 0.6 is 0 Å². The molecule has 2 aromatic carbocycles. The zero-order valence-corrected chi connectivity index (χ0v) is 10.7. The predicted molar refractivity (Wildman–Crippen MR) is 77.4 cm³/mol. The minimum Gasteiger partial charge on any atom is -0.321 e. The van der Waals surface area contributed by atoms with Crippen molar-refractivity contribution in [2.75, 3.05) is 6.54 Å². The van der Waals surface area contributed by atoms with E-state index >= 15 is 0 Å². The maximum atomic E-state index is 3.32. The minimum atomic E-state index is 0.484. The SMILES string of the molecule is c1ccc(C2CC3=C(NNC3)c3ccccc32)cc1. The lowest BCUT2D eigenvalue weighted by Crippen LogP contribution is -2.23. The summed E-state index contributed by atoms with van der Waals surface area (Å²) in [7, 11) is 0. The summed E-state index contributed by atoms with van der Waals surface area (Å²) in [4.78, 5) is 0. The first kappa shape index (κ1) is 10.8. The molecule has 0 saturated heterocycles. The van der Waals surface area contributed by atoms with Crippen LogP contribution in [0.25, 0.3) is 5.70 Å². The van der Waals surface area contributed by atoms with Gasteiger partial charge in [-0.05, 0) is 23.1 Å². The molecule has 2 aromatic rings. The van der Waals surface area contributed by atoms with E-state index in [2.05, 4.69) is 65.4 Å². The molecule has 1 aliphatic heterocycles. The molecule has 0 spiro atoms. The van der Waals surface area contributed by atoms with Crippen molar-refractivity contribution in [1.82, 2.24) is 10.9 Å². The fourth-order valence-corrected chi connectivity index (χ4v) is 3.22. The molecule has 4 rings (SSSR count). The maximum absolute atomic E-state index is 3.32. The average molecular weight is 248 g/mol. The van der Waals surface area contributed by atoms with Crippen LogP contribution in [0.2, 0.25) is 0 Å². The van der Waals surface area contributed by atoms with E-state index in [1.165, 1.54) is 28.0 Å². The molecule has 2 nitrogen and oxygen atoms in total. The van der Waals surface area contributed by atoms with Gasteiger partial charge in [-0.2, -0.15) is 0 Å². The second-order valence-electron chi connectivity index (χ2n) is 5.21. The van der Waals surface area contributed by atoms with Crippen molar-refractivity contribution < 1.29 is 0 Å². The molecule has 2 N–H and O–H groups in total. The van der Waals surface area contributed by atoms with Gasteiger partial charge < -0.3 is 5.43 Å². The predicted octanol–water partition coefficient (Wildman–Crippen LogP) is 3.04. The van der Waals surface area contributed by atoms with E-state index in [1.54, 1.807) is 0 Å². The van der Waals surface area contributed by atoms with Gasteiger partial charge in [0.1, 0.15) is 0 Å². The summed E-state index contributed by atoms with van der Waals surface area (Å²) in [5, 5.41) is 0. The number of hydrogen-bond donors (Lipinski definition) is 2. The zero-order valence-electron chi connectivity index (χ0n) is 10.7. The molecule has 1 heterocycles. The highest BCUT2D eigenvalue weighted by Crippen LogP contribution is 2.41. The Morgan fingerprint density at radius 2 is 1.68 bits per heavy atom. The summed E-state index contributed by atoms with van der Waals surface area (Å²) in [5.41, 5.74) is 13.6. The van der Waals surface area contributed by atoms with Crippen LogP contribution < -0.4 is 10.9 Å². The van der Waals surface area contributed by atoms with Crippen LogP contribution in [-0.4, -0.2) is 6.54 Å². The fraction of sp³-hybridized carbons (Fsp3) is 0.176. The van der Waals surface area contributed by atoms with Crippen molar-refractivity contribution in [3.8, 4) is 0 Å². The van der Waals surface area contributed by atoms with Crippen LogP contribution in [0.1, 0.15) is 29.0 Å². The van der Waals surface area contributed by atoms with E-state index in [0.29, 0.717) is 5.92 Å². The molecular formula is C17H16N2. The van der Waals surface area contributed by atoms with Gasteiger partial charge in [0.2, 0.25) is 0 Å². The molecule has 2 aliphatic rings. The molecule has 0 bridgehead atoms. The first-order valence-corrected chi connectivity index (χ1v) is 6.78. The molecule has 0 aromatic heterocycles. The molecular weight excluding hydrogens is 232 g/mol. The summed E-state index contributed by atoms with van der Waals surface area (Å²) in [6.07, 6.45) is 1.11. The Labute approximate surface area is 113 Å². The quantitative estimate of drug-likeness (QED) is 0.810. The molecule has 1 atom stereocenters. The summed E-state index contributed by atoms with van der Waals surface area (Å²) in [5.74, 6) is 0.484. The van der Waals surface area contributed by atoms with Gasteiger partial charge in [-0.3, -0.25) is 0 Å². The minimum absolute atomic E-state index is 0.484. The molecule has 94 valence electrons. The summed E-state index contributed by atoms with van der Waals surface area (Å²) in [6.45, 7) is 0.951. The molecule has 0 saturated carbocycles. The van der Waals surface area contributed by atoms with Gasteiger partial charge in [0.15, 0.2) is 0 Å². The van der Waals surface area contributed by atoms with Crippen molar-refractivity contribution in [3.05, 3.63) is 76.9 Å². The van der Waals surface area contributed by atoms with Crippen molar-refractivity contribution in [1.29, 1.82) is 0 Å². The molecule has 19 heavy (non-hydrogen) atoms. The second kappa shape index (κ2) is 4.25. The number of benzene rings is 2. The van der Waals surface area contributed by atoms with Crippen LogP contribution in [0, 0.1) is 0 Å². The van der Waals surface area contributed by atoms with Gasteiger partial charge in [-0.15, -0.1) is 0 Å². The third-order valence-electron chi connectivity index (χ3n) is 4.13. The average Bonchev–Trinajstić information content (AvgIpc) is 2.96. The number of hydrazine groups is 1. The van der Waals surface area contributed by atoms with E-state index in [9.17, 15) is 0 Å². The van der Waals surface area contributed by atoms with Crippen molar-refractivity contribution >= 4 is 5.70 Å².